The third-order valence-electron chi connectivity index (χ3n) is 3.88. The minimum Gasteiger partial charge on any atom is -0.395 e. The molecule has 2 saturated heterocycles. The third-order valence-corrected chi connectivity index (χ3v) is 6.25. The molecule has 0 aromatic heterocycles. The van der Waals surface area contributed by atoms with E-state index in [1.165, 1.54) is 0 Å². The van der Waals surface area contributed by atoms with E-state index >= 15 is 0 Å². The van der Waals surface area contributed by atoms with Crippen molar-refractivity contribution in [2.45, 2.75) is 11.4 Å². The number of halogens is 1. The molecule has 0 saturated carbocycles. The third kappa shape index (κ3) is 5.07. The van der Waals surface area contributed by atoms with E-state index in [2.05, 4.69) is 10.2 Å². The van der Waals surface area contributed by atoms with E-state index in [1.807, 2.05) is 4.90 Å². The van der Waals surface area contributed by atoms with Crippen molar-refractivity contribution in [3.05, 3.63) is 0 Å². The van der Waals surface area contributed by atoms with E-state index in [1.54, 1.807) is 0 Å². The van der Waals surface area contributed by atoms with E-state index in [4.69, 9.17) is 16.7 Å². The highest BCUT2D eigenvalue weighted by Crippen LogP contribution is 2.17. The van der Waals surface area contributed by atoms with Crippen molar-refractivity contribution >= 4 is 27.3 Å². The average Bonchev–Trinajstić information content (AvgIpc) is 2.65. The summed E-state index contributed by atoms with van der Waals surface area (Å²) in [5, 5.41) is 11.1. The van der Waals surface area contributed by atoms with Crippen LogP contribution in [-0.2, 0) is 14.6 Å². The lowest BCUT2D eigenvalue weighted by atomic mass is 10.2. The molecule has 0 bridgehead atoms. The molecule has 9 heteroatoms. The Morgan fingerprint density at radius 1 is 1.19 bits per heavy atom. The maximum Gasteiger partial charge on any atom is 0.234 e. The van der Waals surface area contributed by atoms with Gasteiger partial charge in [0.05, 0.1) is 36.1 Å². The quantitative estimate of drug-likeness (QED) is 0.570. The molecule has 0 radical (unpaired) electrons. The summed E-state index contributed by atoms with van der Waals surface area (Å²) in [6.07, 6.45) is 0. The zero-order chi connectivity index (χ0) is 15.5. The lowest BCUT2D eigenvalue weighted by molar-refractivity contribution is -0.123. The molecule has 2 heterocycles. The molecule has 2 aliphatic heterocycles. The second-order valence-corrected chi connectivity index (χ2v) is 8.32. The predicted octanol–water partition coefficient (Wildman–Crippen LogP) is -1.88. The Hall–Kier alpha value is -0.410. The van der Waals surface area contributed by atoms with Crippen LogP contribution in [0.5, 0.6) is 0 Å². The Bertz CT molecular complexity index is 465. The van der Waals surface area contributed by atoms with Gasteiger partial charge in [-0.2, -0.15) is 0 Å². The fourth-order valence-electron chi connectivity index (χ4n) is 2.70. The molecule has 0 aromatic rings. The second-order valence-electron chi connectivity index (χ2n) is 5.61. The van der Waals surface area contributed by atoms with E-state index in [0.717, 1.165) is 26.2 Å². The minimum atomic E-state index is -3.13. The van der Waals surface area contributed by atoms with Gasteiger partial charge in [0.15, 0.2) is 9.84 Å². The minimum absolute atomic E-state index is 0.0701. The number of hydrogen-bond donors (Lipinski definition) is 2. The molecule has 2 atom stereocenters. The first-order valence-electron chi connectivity index (χ1n) is 7.09. The van der Waals surface area contributed by atoms with Gasteiger partial charge < -0.3 is 10.4 Å². The predicted molar refractivity (Wildman–Crippen MR) is 80.2 cm³/mol. The van der Waals surface area contributed by atoms with Crippen molar-refractivity contribution in [2.75, 3.05) is 57.4 Å². The molecule has 1 amide bonds. The van der Waals surface area contributed by atoms with Crippen molar-refractivity contribution in [3.8, 4) is 0 Å². The van der Waals surface area contributed by atoms with Crippen LogP contribution in [0.25, 0.3) is 0 Å². The van der Waals surface area contributed by atoms with Crippen molar-refractivity contribution in [2.24, 2.45) is 0 Å². The summed E-state index contributed by atoms with van der Waals surface area (Å²) in [7, 11) is -3.13. The molecule has 7 nitrogen and oxygen atoms in total. The largest absolute Gasteiger partial charge is 0.395 e. The Morgan fingerprint density at radius 2 is 1.81 bits per heavy atom. The number of nitrogens with one attached hydrogen (secondary N) is 1. The molecule has 0 aromatic carbocycles. The fraction of sp³-hybridized carbons (Fsp3) is 0.917. The van der Waals surface area contributed by atoms with Gasteiger partial charge in [0.2, 0.25) is 5.91 Å². The van der Waals surface area contributed by atoms with Crippen LogP contribution >= 0.6 is 11.6 Å². The summed E-state index contributed by atoms with van der Waals surface area (Å²) in [6.45, 7) is 4.24. The van der Waals surface area contributed by atoms with Crippen LogP contribution in [0.15, 0.2) is 0 Å². The van der Waals surface area contributed by atoms with E-state index < -0.39 is 21.3 Å². The van der Waals surface area contributed by atoms with Crippen LogP contribution in [0.4, 0.5) is 0 Å². The Morgan fingerprint density at radius 3 is 2.33 bits per heavy atom. The molecule has 122 valence electrons. The number of aliphatic hydroxyl groups is 1. The number of alkyl halides is 1. The topological polar surface area (TPSA) is 89.9 Å². The zero-order valence-corrected chi connectivity index (χ0v) is 13.4. The number of sulfone groups is 1. The van der Waals surface area contributed by atoms with Gasteiger partial charge in [-0.05, 0) is 0 Å². The number of piperazine rings is 1. The fourth-order valence-corrected chi connectivity index (χ4v) is 5.25. The number of nitrogens with zero attached hydrogens (tertiary/aromatic N) is 2. The Kier molecular flexibility index (Phi) is 5.84. The maximum atomic E-state index is 12.0. The lowest BCUT2D eigenvalue weighted by Gasteiger charge is -2.34. The monoisotopic (exact) mass is 339 g/mol. The number of carbonyl (C=O) groups is 1. The van der Waals surface area contributed by atoms with Gasteiger partial charge in [-0.15, -0.1) is 11.6 Å². The van der Waals surface area contributed by atoms with Gasteiger partial charge in [0.1, 0.15) is 0 Å². The van der Waals surface area contributed by atoms with Crippen LogP contribution in [0, 0.1) is 0 Å². The highest BCUT2D eigenvalue weighted by atomic mass is 35.5. The van der Waals surface area contributed by atoms with Crippen molar-refractivity contribution in [1.29, 1.82) is 0 Å². The highest BCUT2D eigenvalue weighted by molar-refractivity contribution is 7.91. The van der Waals surface area contributed by atoms with Crippen LogP contribution in [0.1, 0.15) is 0 Å². The number of β-amino-alcohol motifs (C(OH)–C–C–N with tert-alkyl or cyclic N) is 1. The highest BCUT2D eigenvalue weighted by Gasteiger charge is 2.37. The summed E-state index contributed by atoms with van der Waals surface area (Å²) >= 11 is 5.97. The lowest BCUT2D eigenvalue weighted by Crippen LogP contribution is -2.51. The van der Waals surface area contributed by atoms with E-state index in [-0.39, 0.29) is 30.6 Å². The SMILES string of the molecule is O=C(CN1CCN(CCO)CC1)NC1CS(=O)(=O)CC1Cl. The maximum absolute atomic E-state index is 12.0. The average molecular weight is 340 g/mol. The molecule has 2 fully saturated rings. The van der Waals surface area contributed by atoms with Crippen LogP contribution in [-0.4, -0.2) is 98.0 Å². The smallest absolute Gasteiger partial charge is 0.234 e. The number of amides is 1. The molecule has 0 aliphatic carbocycles. The Labute approximate surface area is 130 Å². The van der Waals surface area contributed by atoms with Crippen molar-refractivity contribution in [3.63, 3.8) is 0 Å². The van der Waals surface area contributed by atoms with Crippen molar-refractivity contribution in [1.82, 2.24) is 15.1 Å². The number of carbonyl (C=O) groups excluding carboxylic acids is 1. The van der Waals surface area contributed by atoms with Gasteiger partial charge in [0, 0.05) is 32.7 Å². The second kappa shape index (κ2) is 7.23. The van der Waals surface area contributed by atoms with Gasteiger partial charge >= 0.3 is 0 Å². The summed E-state index contributed by atoms with van der Waals surface area (Å²) in [4.78, 5) is 16.1. The van der Waals surface area contributed by atoms with Gasteiger partial charge in [-0.3, -0.25) is 14.6 Å². The first-order chi connectivity index (χ1) is 9.89. The van der Waals surface area contributed by atoms with E-state index in [0.29, 0.717) is 6.54 Å². The molecule has 2 rings (SSSR count). The normalized spacial score (nSPS) is 30.4. The van der Waals surface area contributed by atoms with Gasteiger partial charge in [-0.25, -0.2) is 8.42 Å². The van der Waals surface area contributed by atoms with Gasteiger partial charge in [0.25, 0.3) is 0 Å². The number of rotatable bonds is 5. The number of aliphatic hydroxyl groups excluding tert-OH is 1. The molecule has 2 aliphatic rings. The summed E-state index contributed by atoms with van der Waals surface area (Å²) < 4.78 is 22.9. The standard InChI is InChI=1S/C12H22ClN3O4S/c13-10-8-21(19,20)9-11(10)14-12(18)7-16-3-1-15(2-4-16)5-6-17/h10-11,17H,1-9H2,(H,14,18). The molecule has 2 unspecified atom stereocenters. The van der Waals surface area contributed by atoms with Gasteiger partial charge in [-0.1, -0.05) is 0 Å². The Balaban J connectivity index is 1.73. The summed E-state index contributed by atoms with van der Waals surface area (Å²) in [5.41, 5.74) is 0. The molecule has 2 N–H and O–H groups in total. The zero-order valence-electron chi connectivity index (χ0n) is 11.9. The van der Waals surface area contributed by atoms with Crippen LogP contribution in [0.2, 0.25) is 0 Å². The summed E-state index contributed by atoms with van der Waals surface area (Å²) in [6, 6.07) is -0.486. The first kappa shape index (κ1) is 17.0. The molecular weight excluding hydrogens is 318 g/mol. The molecular formula is C12H22ClN3O4S. The van der Waals surface area contributed by atoms with Crippen LogP contribution in [0.3, 0.4) is 0 Å². The molecule has 0 spiro atoms. The summed E-state index contributed by atoms with van der Waals surface area (Å²) in [5.74, 6) is -0.324. The first-order valence-corrected chi connectivity index (χ1v) is 9.35. The van der Waals surface area contributed by atoms with Crippen LogP contribution < -0.4 is 5.32 Å². The van der Waals surface area contributed by atoms with E-state index in [9.17, 15) is 13.2 Å². The van der Waals surface area contributed by atoms with Crippen molar-refractivity contribution < 1.29 is 18.3 Å². The molecule has 21 heavy (non-hydrogen) atoms. The number of hydrogen-bond acceptors (Lipinski definition) is 6.